The predicted octanol–water partition coefficient (Wildman–Crippen LogP) is 4.81. The molecular formula is C29H39N3O7S. The summed E-state index contributed by atoms with van der Waals surface area (Å²) in [6.07, 6.45) is 1.12. The highest BCUT2D eigenvalue weighted by Crippen LogP contribution is 2.22. The van der Waals surface area contributed by atoms with Gasteiger partial charge in [-0.15, -0.1) is 0 Å². The second-order valence-corrected chi connectivity index (χ2v) is 11.5. The number of carbonyl (C=O) groups is 3. The number of benzene rings is 2. The Labute approximate surface area is 239 Å². The molecule has 40 heavy (non-hydrogen) atoms. The van der Waals surface area contributed by atoms with Gasteiger partial charge in [-0.05, 0) is 87.3 Å². The lowest BCUT2D eigenvalue weighted by molar-refractivity contribution is -0.118. The van der Waals surface area contributed by atoms with Crippen LogP contribution in [-0.2, 0) is 16.0 Å². The van der Waals surface area contributed by atoms with Crippen LogP contribution in [0.15, 0.2) is 48.5 Å². The van der Waals surface area contributed by atoms with Gasteiger partial charge in [0, 0.05) is 12.2 Å². The van der Waals surface area contributed by atoms with Crippen LogP contribution in [0.4, 0.5) is 15.3 Å². The normalized spacial score (nSPS) is 15.8. The van der Waals surface area contributed by atoms with Crippen molar-refractivity contribution in [2.45, 2.75) is 64.0 Å². The highest BCUT2D eigenvalue weighted by molar-refractivity contribution is 8.15. The van der Waals surface area contributed by atoms with E-state index >= 15 is 0 Å². The molecule has 0 spiro atoms. The number of nitrogens with one attached hydrogen (secondary N) is 2. The van der Waals surface area contributed by atoms with Crippen molar-refractivity contribution in [2.75, 3.05) is 31.6 Å². The van der Waals surface area contributed by atoms with Crippen LogP contribution in [0, 0.1) is 0 Å². The van der Waals surface area contributed by atoms with Crippen molar-refractivity contribution >= 4 is 34.7 Å². The Morgan fingerprint density at radius 3 is 2.30 bits per heavy atom. The molecule has 0 radical (unpaired) electrons. The summed E-state index contributed by atoms with van der Waals surface area (Å²) in [4.78, 5) is 37.5. The van der Waals surface area contributed by atoms with Gasteiger partial charge in [0.2, 0.25) is 0 Å². The molecule has 3 rings (SSSR count). The molecule has 1 unspecified atom stereocenters. The Morgan fingerprint density at radius 2 is 1.73 bits per heavy atom. The van der Waals surface area contributed by atoms with E-state index in [4.69, 9.17) is 14.2 Å². The van der Waals surface area contributed by atoms with Gasteiger partial charge in [0.1, 0.15) is 29.8 Å². The molecule has 1 aliphatic rings. The highest BCUT2D eigenvalue weighted by Gasteiger charge is 2.31. The molecule has 11 heteroatoms. The van der Waals surface area contributed by atoms with Gasteiger partial charge in [-0.1, -0.05) is 25.5 Å². The number of imide groups is 1. The molecule has 10 nitrogen and oxygen atoms in total. The lowest BCUT2D eigenvalue weighted by Gasteiger charge is -2.29. The van der Waals surface area contributed by atoms with Crippen molar-refractivity contribution in [3.8, 4) is 11.5 Å². The van der Waals surface area contributed by atoms with Crippen LogP contribution in [0.1, 0.15) is 46.1 Å². The van der Waals surface area contributed by atoms with E-state index in [1.807, 2.05) is 36.4 Å². The molecule has 1 aliphatic heterocycles. The Balaban J connectivity index is 1.53. The standard InChI is InChI=1S/C29H39N3O7S/c1-5-6-17-37-23-11-13-24(14-12-23)38-19-22(33)18-32(28(36)39-29(2,3)4)16-15-20-7-9-21(10-8-20)30-26-25(34)31-27(35)40-26/h7-14,22,26,30,33H,5-6,15-19H2,1-4H3,(H,31,34,35)/t22-,26?/m0/s1. The largest absolute Gasteiger partial charge is 0.494 e. The van der Waals surface area contributed by atoms with Crippen LogP contribution in [0.5, 0.6) is 11.5 Å². The van der Waals surface area contributed by atoms with E-state index in [2.05, 4.69) is 17.6 Å². The van der Waals surface area contributed by atoms with Crippen molar-refractivity contribution < 1.29 is 33.7 Å². The van der Waals surface area contributed by atoms with Gasteiger partial charge in [0.05, 0.1) is 13.2 Å². The van der Waals surface area contributed by atoms with Gasteiger partial charge < -0.3 is 29.5 Å². The van der Waals surface area contributed by atoms with Gasteiger partial charge in [-0.2, -0.15) is 0 Å². The Kier molecular flexibility index (Phi) is 11.5. The first-order valence-electron chi connectivity index (χ1n) is 13.4. The fourth-order valence-corrected chi connectivity index (χ4v) is 4.42. The molecule has 0 bridgehead atoms. The second-order valence-electron chi connectivity index (χ2n) is 10.4. The number of hydrogen-bond acceptors (Lipinski definition) is 9. The molecule has 3 amide bonds. The van der Waals surface area contributed by atoms with E-state index in [9.17, 15) is 19.5 Å². The van der Waals surface area contributed by atoms with E-state index in [0.29, 0.717) is 31.0 Å². The number of aliphatic hydroxyl groups excluding tert-OH is 1. The molecule has 0 saturated carbocycles. The van der Waals surface area contributed by atoms with E-state index < -0.39 is 23.2 Å². The molecule has 1 saturated heterocycles. The zero-order chi connectivity index (χ0) is 29.1. The molecular weight excluding hydrogens is 534 g/mol. The first kappa shape index (κ1) is 31.1. The van der Waals surface area contributed by atoms with Crippen molar-refractivity contribution in [1.82, 2.24) is 10.2 Å². The maximum Gasteiger partial charge on any atom is 0.410 e. The summed E-state index contributed by atoms with van der Waals surface area (Å²) in [7, 11) is 0. The van der Waals surface area contributed by atoms with Crippen molar-refractivity contribution in [3.05, 3.63) is 54.1 Å². The van der Waals surface area contributed by atoms with Gasteiger partial charge in [0.15, 0.2) is 5.37 Å². The SMILES string of the molecule is CCCCOc1ccc(OC[C@@H](O)CN(CCc2ccc(NC3SC(=O)NC3=O)cc2)C(=O)OC(C)(C)C)cc1. The molecule has 3 N–H and O–H groups in total. The fourth-order valence-electron chi connectivity index (χ4n) is 3.68. The summed E-state index contributed by atoms with van der Waals surface area (Å²) < 4.78 is 17.0. The number of ether oxygens (including phenoxy) is 3. The molecule has 2 aromatic rings. The molecule has 2 atom stereocenters. The number of thioether (sulfide) groups is 1. The predicted molar refractivity (Wildman–Crippen MR) is 155 cm³/mol. The summed E-state index contributed by atoms with van der Waals surface area (Å²) in [5.41, 5.74) is 0.964. The Hall–Kier alpha value is -3.44. The lowest BCUT2D eigenvalue weighted by Crippen LogP contribution is -2.43. The minimum atomic E-state index is -0.933. The minimum absolute atomic E-state index is 0.00492. The number of aliphatic hydroxyl groups is 1. The number of nitrogens with zero attached hydrogens (tertiary/aromatic N) is 1. The van der Waals surface area contributed by atoms with Crippen LogP contribution >= 0.6 is 11.8 Å². The van der Waals surface area contributed by atoms with E-state index in [0.717, 1.165) is 35.9 Å². The van der Waals surface area contributed by atoms with Crippen LogP contribution in [0.3, 0.4) is 0 Å². The van der Waals surface area contributed by atoms with Crippen LogP contribution in [-0.4, -0.2) is 70.6 Å². The van der Waals surface area contributed by atoms with Gasteiger partial charge in [0.25, 0.3) is 11.1 Å². The van der Waals surface area contributed by atoms with Crippen molar-refractivity contribution in [2.24, 2.45) is 0 Å². The average molecular weight is 574 g/mol. The zero-order valence-corrected chi connectivity index (χ0v) is 24.3. The van der Waals surface area contributed by atoms with Crippen molar-refractivity contribution in [1.29, 1.82) is 0 Å². The smallest absolute Gasteiger partial charge is 0.410 e. The van der Waals surface area contributed by atoms with Gasteiger partial charge in [-0.3, -0.25) is 14.9 Å². The number of amides is 3. The molecule has 1 fully saturated rings. The minimum Gasteiger partial charge on any atom is -0.494 e. The second kappa shape index (κ2) is 14.8. The van der Waals surface area contributed by atoms with Crippen LogP contribution in [0.2, 0.25) is 0 Å². The average Bonchev–Trinajstić information content (AvgIpc) is 3.22. The molecule has 0 aromatic heterocycles. The summed E-state index contributed by atoms with van der Waals surface area (Å²) in [5.74, 6) is 0.986. The number of rotatable bonds is 14. The number of anilines is 1. The summed E-state index contributed by atoms with van der Waals surface area (Å²) in [6.45, 7) is 8.51. The summed E-state index contributed by atoms with van der Waals surface area (Å²) >= 11 is 0.898. The summed E-state index contributed by atoms with van der Waals surface area (Å²) in [5, 5.41) is 14.9. The van der Waals surface area contributed by atoms with Crippen LogP contribution < -0.4 is 20.1 Å². The lowest BCUT2D eigenvalue weighted by atomic mass is 10.1. The first-order chi connectivity index (χ1) is 19.0. The van der Waals surface area contributed by atoms with Crippen molar-refractivity contribution in [3.63, 3.8) is 0 Å². The number of unbranched alkanes of at least 4 members (excludes halogenated alkanes) is 1. The number of carbonyl (C=O) groups excluding carboxylic acids is 3. The van der Waals surface area contributed by atoms with E-state index in [1.165, 1.54) is 4.90 Å². The number of hydrogen-bond donors (Lipinski definition) is 3. The maximum atomic E-state index is 12.9. The fraction of sp³-hybridized carbons (Fsp3) is 0.483. The Bertz CT molecular complexity index is 1120. The van der Waals surface area contributed by atoms with Crippen LogP contribution in [0.25, 0.3) is 0 Å². The summed E-state index contributed by atoms with van der Waals surface area (Å²) in [6, 6.07) is 14.6. The molecule has 2 aromatic carbocycles. The molecule has 0 aliphatic carbocycles. The third-order valence-electron chi connectivity index (χ3n) is 5.73. The van der Waals surface area contributed by atoms with Gasteiger partial charge in [-0.25, -0.2) is 4.79 Å². The third kappa shape index (κ3) is 10.6. The molecule has 218 valence electrons. The monoisotopic (exact) mass is 573 g/mol. The molecule has 1 heterocycles. The van der Waals surface area contributed by atoms with E-state index in [-0.39, 0.29) is 24.3 Å². The first-order valence-corrected chi connectivity index (χ1v) is 14.3. The Morgan fingerprint density at radius 1 is 1.07 bits per heavy atom. The third-order valence-corrected chi connectivity index (χ3v) is 6.61. The topological polar surface area (TPSA) is 126 Å². The quantitative estimate of drug-likeness (QED) is 0.273. The zero-order valence-electron chi connectivity index (χ0n) is 23.5. The van der Waals surface area contributed by atoms with Gasteiger partial charge >= 0.3 is 6.09 Å². The highest BCUT2D eigenvalue weighted by atomic mass is 32.2. The van der Waals surface area contributed by atoms with E-state index in [1.54, 1.807) is 32.9 Å². The maximum absolute atomic E-state index is 12.9.